The van der Waals surface area contributed by atoms with Crippen LogP contribution in [0, 0.1) is 13.8 Å². The lowest BCUT2D eigenvalue weighted by atomic mass is 9.84. The molecule has 0 amide bonds. The van der Waals surface area contributed by atoms with Crippen molar-refractivity contribution < 1.29 is 0 Å². The Labute approximate surface area is 234 Å². The van der Waals surface area contributed by atoms with Gasteiger partial charge in [-0.2, -0.15) is 0 Å². The van der Waals surface area contributed by atoms with Gasteiger partial charge in [0.25, 0.3) is 0 Å². The highest BCUT2D eigenvalue weighted by Gasteiger charge is 2.17. The highest BCUT2D eigenvalue weighted by atomic mass is 14.6. The van der Waals surface area contributed by atoms with Gasteiger partial charge in [-0.25, -0.2) is 0 Å². The minimum atomic E-state index is 1.19. The number of hydrogen-bond acceptors (Lipinski definition) is 2. The zero-order valence-corrected chi connectivity index (χ0v) is 22.6. The van der Waals surface area contributed by atoms with Crippen LogP contribution in [0.3, 0.4) is 0 Å². The smallest absolute Gasteiger partial charge is 0.0273 e. The van der Waals surface area contributed by atoms with Crippen molar-refractivity contribution in [1.29, 1.82) is 0 Å². The zero-order chi connectivity index (χ0) is 27.1. The number of hydrogen-bond donors (Lipinski definition) is 0. The van der Waals surface area contributed by atoms with Crippen LogP contribution in [0.4, 0.5) is 0 Å². The van der Waals surface area contributed by atoms with E-state index in [0.29, 0.717) is 0 Å². The Morgan fingerprint density at radius 2 is 0.725 bits per heavy atom. The van der Waals surface area contributed by atoms with Crippen molar-refractivity contribution in [1.82, 2.24) is 9.97 Å². The first-order valence-corrected chi connectivity index (χ1v) is 13.7. The molecule has 0 aliphatic rings. The van der Waals surface area contributed by atoms with Gasteiger partial charge in [0.15, 0.2) is 0 Å². The van der Waals surface area contributed by atoms with Crippen LogP contribution in [-0.2, 0) is 0 Å². The topological polar surface area (TPSA) is 25.8 Å². The molecule has 0 aliphatic carbocycles. The van der Waals surface area contributed by atoms with Gasteiger partial charge in [0.1, 0.15) is 0 Å². The summed E-state index contributed by atoms with van der Waals surface area (Å²) in [6.07, 6.45) is 7.42. The molecule has 40 heavy (non-hydrogen) atoms. The quantitative estimate of drug-likeness (QED) is 0.219. The van der Waals surface area contributed by atoms with Crippen molar-refractivity contribution in [3.63, 3.8) is 0 Å². The summed E-state index contributed by atoms with van der Waals surface area (Å²) in [4.78, 5) is 8.38. The summed E-state index contributed by atoms with van der Waals surface area (Å²) in [5.41, 5.74) is 12.4. The summed E-state index contributed by atoms with van der Waals surface area (Å²) in [5, 5.41) is 5.07. The van der Waals surface area contributed by atoms with E-state index in [-0.39, 0.29) is 0 Å². The average Bonchev–Trinajstić information content (AvgIpc) is 3.00. The summed E-state index contributed by atoms with van der Waals surface area (Å²) in [6.45, 7) is 4.40. The lowest BCUT2D eigenvalue weighted by Crippen LogP contribution is -1.93. The second-order valence-electron chi connectivity index (χ2n) is 10.4. The lowest BCUT2D eigenvalue weighted by molar-refractivity contribution is 1.32. The van der Waals surface area contributed by atoms with Gasteiger partial charge in [0.05, 0.1) is 0 Å². The van der Waals surface area contributed by atoms with E-state index in [0.717, 1.165) is 0 Å². The fourth-order valence-electron chi connectivity index (χ4n) is 6.10. The summed E-state index contributed by atoms with van der Waals surface area (Å²) in [5.74, 6) is 0. The monoisotopic (exact) mass is 512 g/mol. The predicted octanol–water partition coefficient (Wildman–Crippen LogP) is 10.1. The second-order valence-corrected chi connectivity index (χ2v) is 10.4. The minimum absolute atomic E-state index is 1.19. The van der Waals surface area contributed by atoms with E-state index in [2.05, 4.69) is 133 Å². The molecule has 0 N–H and O–H groups in total. The summed E-state index contributed by atoms with van der Waals surface area (Å²) in [6, 6.07) is 39.7. The molecule has 2 nitrogen and oxygen atoms in total. The standard InChI is InChI=1S/C38H28N2/c1-25-23-29(11-13-31(25)27-15-19-39-20-16-27)37-33-7-3-5-9-35(33)38(36-10-6-4-8-34(36)37)30-12-14-32(26(2)24-30)28-17-21-40-22-18-28/h3-24H,1-2H3. The van der Waals surface area contributed by atoms with Crippen molar-refractivity contribution in [2.45, 2.75) is 13.8 Å². The van der Waals surface area contributed by atoms with E-state index in [1.165, 1.54) is 77.2 Å². The van der Waals surface area contributed by atoms with Gasteiger partial charge in [0, 0.05) is 24.8 Å². The lowest BCUT2D eigenvalue weighted by Gasteiger charge is -2.19. The van der Waals surface area contributed by atoms with Crippen molar-refractivity contribution >= 4 is 21.5 Å². The summed E-state index contributed by atoms with van der Waals surface area (Å²) < 4.78 is 0. The Hall–Kier alpha value is -5.08. The van der Waals surface area contributed by atoms with Crippen LogP contribution in [0.25, 0.3) is 66.1 Å². The van der Waals surface area contributed by atoms with Crippen LogP contribution < -0.4 is 0 Å². The molecular formula is C38H28N2. The number of aryl methyl sites for hydroxylation is 2. The molecular weight excluding hydrogens is 484 g/mol. The van der Waals surface area contributed by atoms with Crippen molar-refractivity contribution in [3.8, 4) is 44.5 Å². The minimum Gasteiger partial charge on any atom is -0.265 e. The molecule has 0 fully saturated rings. The molecule has 7 rings (SSSR count). The largest absolute Gasteiger partial charge is 0.265 e. The number of fused-ring (bicyclic) bond motifs is 2. The third kappa shape index (κ3) is 4.06. The van der Waals surface area contributed by atoms with Crippen molar-refractivity contribution in [3.05, 3.63) is 145 Å². The molecule has 5 aromatic carbocycles. The molecule has 0 aliphatic heterocycles. The van der Waals surface area contributed by atoms with Crippen LogP contribution in [0.1, 0.15) is 11.1 Å². The number of benzene rings is 5. The first-order valence-electron chi connectivity index (χ1n) is 13.7. The highest BCUT2D eigenvalue weighted by Crippen LogP contribution is 2.44. The maximum Gasteiger partial charge on any atom is 0.0273 e. The second kappa shape index (κ2) is 9.91. The van der Waals surface area contributed by atoms with E-state index in [1.807, 2.05) is 24.8 Å². The summed E-state index contributed by atoms with van der Waals surface area (Å²) in [7, 11) is 0. The van der Waals surface area contributed by atoms with E-state index >= 15 is 0 Å². The normalized spacial score (nSPS) is 11.2. The molecule has 0 saturated carbocycles. The van der Waals surface area contributed by atoms with Crippen LogP contribution >= 0.6 is 0 Å². The van der Waals surface area contributed by atoms with Gasteiger partial charge in [-0.3, -0.25) is 9.97 Å². The van der Waals surface area contributed by atoms with E-state index < -0.39 is 0 Å². The van der Waals surface area contributed by atoms with Crippen molar-refractivity contribution in [2.75, 3.05) is 0 Å². The Morgan fingerprint density at radius 3 is 1.05 bits per heavy atom. The van der Waals surface area contributed by atoms with Gasteiger partial charge in [-0.05, 0) is 115 Å². The highest BCUT2D eigenvalue weighted by molar-refractivity contribution is 6.21. The molecule has 2 aromatic heterocycles. The molecule has 7 aromatic rings. The molecule has 2 heterocycles. The third-order valence-electron chi connectivity index (χ3n) is 7.94. The van der Waals surface area contributed by atoms with E-state index in [9.17, 15) is 0 Å². The van der Waals surface area contributed by atoms with Gasteiger partial charge in [0.2, 0.25) is 0 Å². The molecule has 0 spiro atoms. The van der Waals surface area contributed by atoms with E-state index in [1.54, 1.807) is 0 Å². The first-order chi connectivity index (χ1) is 19.7. The Bertz CT molecular complexity index is 1800. The number of aromatic nitrogens is 2. The van der Waals surface area contributed by atoms with Gasteiger partial charge < -0.3 is 0 Å². The molecule has 2 heteroatoms. The third-order valence-corrected chi connectivity index (χ3v) is 7.94. The number of pyridine rings is 2. The molecule has 0 atom stereocenters. The molecule has 0 bridgehead atoms. The summed E-state index contributed by atoms with van der Waals surface area (Å²) >= 11 is 0. The molecule has 0 unspecified atom stereocenters. The fourth-order valence-corrected chi connectivity index (χ4v) is 6.10. The number of nitrogens with zero attached hydrogens (tertiary/aromatic N) is 2. The Morgan fingerprint density at radius 1 is 0.375 bits per heavy atom. The van der Waals surface area contributed by atoms with Gasteiger partial charge >= 0.3 is 0 Å². The molecule has 0 saturated heterocycles. The SMILES string of the molecule is Cc1cc(-c2c3ccccc3c(-c3ccc(-c4ccncc4)c(C)c3)c3ccccc23)ccc1-c1ccncc1. The molecule has 0 radical (unpaired) electrons. The zero-order valence-electron chi connectivity index (χ0n) is 22.6. The Kier molecular flexibility index (Phi) is 5.94. The molecule has 190 valence electrons. The number of rotatable bonds is 4. The van der Waals surface area contributed by atoms with Crippen LogP contribution in [0.2, 0.25) is 0 Å². The van der Waals surface area contributed by atoms with E-state index in [4.69, 9.17) is 0 Å². The van der Waals surface area contributed by atoms with Gasteiger partial charge in [-0.1, -0.05) is 84.9 Å². The average molecular weight is 513 g/mol. The van der Waals surface area contributed by atoms with Crippen LogP contribution in [0.5, 0.6) is 0 Å². The Balaban J connectivity index is 1.46. The maximum absolute atomic E-state index is 4.19. The van der Waals surface area contributed by atoms with Crippen LogP contribution in [-0.4, -0.2) is 9.97 Å². The fraction of sp³-hybridized carbons (Fsp3) is 0.0526. The first kappa shape index (κ1) is 24.0. The van der Waals surface area contributed by atoms with Crippen LogP contribution in [0.15, 0.2) is 134 Å². The maximum atomic E-state index is 4.19. The van der Waals surface area contributed by atoms with Gasteiger partial charge in [-0.15, -0.1) is 0 Å². The van der Waals surface area contributed by atoms with Crippen molar-refractivity contribution in [2.24, 2.45) is 0 Å². The predicted molar refractivity (Wildman–Crippen MR) is 168 cm³/mol.